The lowest BCUT2D eigenvalue weighted by molar-refractivity contribution is -0.00429. The van der Waals surface area contributed by atoms with Gasteiger partial charge in [0.15, 0.2) is 0 Å². The summed E-state index contributed by atoms with van der Waals surface area (Å²) in [6.45, 7) is -2.80. The molecule has 0 aromatic heterocycles. The van der Waals surface area contributed by atoms with E-state index in [4.69, 9.17) is 43.9 Å². The molecular formula is C44H40BO4S2-. The zero-order chi connectivity index (χ0) is 34.7. The number of benzene rings is 6. The van der Waals surface area contributed by atoms with E-state index >= 15 is 0 Å². The van der Waals surface area contributed by atoms with Gasteiger partial charge in [0.1, 0.15) is 0 Å². The van der Waals surface area contributed by atoms with Gasteiger partial charge in [-0.25, -0.2) is 0 Å². The van der Waals surface area contributed by atoms with Crippen LogP contribution in [0.15, 0.2) is 180 Å². The van der Waals surface area contributed by atoms with Crippen molar-refractivity contribution in [2.45, 2.75) is 58.9 Å². The maximum absolute atomic E-state index is 7.50. The molecule has 2 saturated heterocycles. The summed E-state index contributed by atoms with van der Waals surface area (Å²) in [6, 6.07) is 58.0. The Hall–Kier alpha value is -4.08. The van der Waals surface area contributed by atoms with Crippen molar-refractivity contribution in [2.24, 2.45) is 0 Å². The second-order valence-electron chi connectivity index (χ2n) is 13.6. The van der Waals surface area contributed by atoms with Crippen molar-refractivity contribution in [3.05, 3.63) is 203 Å². The molecule has 0 radical (unpaired) electrons. The van der Waals surface area contributed by atoms with Gasteiger partial charge in [-0.2, -0.15) is 0 Å². The Bertz CT molecular complexity index is 1920. The van der Waals surface area contributed by atoms with Gasteiger partial charge in [-0.3, -0.25) is 0 Å². The molecule has 7 heteroatoms. The van der Waals surface area contributed by atoms with Gasteiger partial charge in [0, 0.05) is 22.6 Å². The van der Waals surface area contributed by atoms with Gasteiger partial charge in [0.05, 0.1) is 23.4 Å². The molecule has 4 atom stereocenters. The minimum absolute atomic E-state index is 0.482. The van der Waals surface area contributed by atoms with Crippen molar-refractivity contribution in [1.29, 1.82) is 0 Å². The molecule has 2 heterocycles. The van der Waals surface area contributed by atoms with Gasteiger partial charge < -0.3 is 18.6 Å². The highest BCUT2D eigenvalue weighted by Gasteiger charge is 2.64. The molecular weight excluding hydrogens is 667 g/mol. The molecule has 2 aliphatic heterocycles. The molecule has 0 bridgehead atoms. The molecule has 1 spiro atoms. The van der Waals surface area contributed by atoms with Crippen LogP contribution in [0.5, 0.6) is 0 Å². The quantitative estimate of drug-likeness (QED) is 0.110. The lowest BCUT2D eigenvalue weighted by Gasteiger charge is -2.41. The Morgan fingerprint density at radius 1 is 0.412 bits per heavy atom. The predicted octanol–water partition coefficient (Wildman–Crippen LogP) is 9.59. The van der Waals surface area contributed by atoms with E-state index in [2.05, 4.69) is 109 Å². The van der Waals surface area contributed by atoms with Crippen LogP contribution in [0.3, 0.4) is 0 Å². The van der Waals surface area contributed by atoms with Crippen molar-refractivity contribution in [3.8, 4) is 0 Å². The molecule has 4 unspecified atom stereocenters. The van der Waals surface area contributed by atoms with Crippen molar-refractivity contribution >= 4 is 32.2 Å². The van der Waals surface area contributed by atoms with Gasteiger partial charge in [-0.1, -0.05) is 158 Å². The number of rotatable bonds is 10. The van der Waals surface area contributed by atoms with Crippen LogP contribution in [0, 0.1) is 0 Å². The first kappa shape index (κ1) is 34.0. The first-order valence-corrected chi connectivity index (χ1v) is 18.5. The molecule has 8 rings (SSSR count). The van der Waals surface area contributed by atoms with Crippen LogP contribution in [0.4, 0.5) is 0 Å². The van der Waals surface area contributed by atoms with Crippen LogP contribution < -0.4 is 0 Å². The van der Waals surface area contributed by atoms with Crippen molar-refractivity contribution in [1.82, 2.24) is 0 Å². The predicted molar refractivity (Wildman–Crippen MR) is 209 cm³/mol. The number of hydrogen-bond acceptors (Lipinski definition) is 6. The summed E-state index contributed by atoms with van der Waals surface area (Å²) in [5.74, 6) is 0. The lowest BCUT2D eigenvalue weighted by Crippen LogP contribution is -2.46. The summed E-state index contributed by atoms with van der Waals surface area (Å²) < 4.78 is 29.5. The van der Waals surface area contributed by atoms with E-state index in [9.17, 15) is 0 Å². The third-order valence-corrected chi connectivity index (χ3v) is 11.1. The third kappa shape index (κ3) is 6.83. The standard InChI is InChI=1S/C44H40BO4S2/c50-39-27-15-13-25-37(39)43(31-35-21-9-3-10-22-35)41(29-33-17-5-1-6-18-33)46-45(48-43)47-42(30-34-19-7-2-8-20-34)44(49-45,32-36-23-11-4-12-24-36)38-26-14-16-28-40(38)51/h1-28,41-42,50-51H,29-32H2/q-1. The van der Waals surface area contributed by atoms with Gasteiger partial charge >= 0.3 is 6.96 Å². The molecule has 4 nitrogen and oxygen atoms in total. The van der Waals surface area contributed by atoms with Crippen LogP contribution in [0.25, 0.3) is 0 Å². The third-order valence-electron chi connectivity index (χ3n) is 10.3. The van der Waals surface area contributed by atoms with Gasteiger partial charge in [-0.05, 0) is 58.4 Å². The monoisotopic (exact) mass is 707 g/mol. The Kier molecular flexibility index (Phi) is 9.68. The largest absolute Gasteiger partial charge is 0.533 e. The SMILES string of the molecule is Sc1ccccc1C1(Cc2ccccc2)O[B-]2(OC1Cc1ccccc1)OC(Cc1ccccc1)C(Cc1ccccc1)(c1ccccc1S)O2. The first-order chi connectivity index (χ1) is 25.0. The van der Waals surface area contributed by atoms with Crippen LogP contribution in [0.2, 0.25) is 0 Å². The van der Waals surface area contributed by atoms with E-state index in [1.165, 1.54) is 0 Å². The molecule has 0 amide bonds. The van der Waals surface area contributed by atoms with Gasteiger partial charge in [-0.15, -0.1) is 25.3 Å². The van der Waals surface area contributed by atoms with E-state index in [-0.39, 0.29) is 0 Å². The van der Waals surface area contributed by atoms with Gasteiger partial charge in [0.2, 0.25) is 0 Å². The molecule has 0 saturated carbocycles. The van der Waals surface area contributed by atoms with E-state index in [1.54, 1.807) is 0 Å². The van der Waals surface area contributed by atoms with Crippen LogP contribution in [-0.2, 0) is 55.5 Å². The Morgan fingerprint density at radius 2 is 0.725 bits per heavy atom. The fourth-order valence-corrected chi connectivity index (χ4v) is 8.67. The molecule has 6 aromatic carbocycles. The Labute approximate surface area is 311 Å². The molecule has 2 fully saturated rings. The number of thiol groups is 2. The summed E-state index contributed by atoms with van der Waals surface area (Å²) >= 11 is 10.1. The fraction of sp³-hybridized carbons (Fsp3) is 0.182. The van der Waals surface area contributed by atoms with Crippen LogP contribution >= 0.6 is 25.3 Å². The summed E-state index contributed by atoms with van der Waals surface area (Å²) in [5, 5.41) is 0. The maximum Gasteiger partial charge on any atom is 0.533 e. The smallest absolute Gasteiger partial charge is 0.514 e. The van der Waals surface area contributed by atoms with Crippen LogP contribution in [-0.4, -0.2) is 19.2 Å². The molecule has 0 aliphatic carbocycles. The highest BCUT2D eigenvalue weighted by molar-refractivity contribution is 7.80. The minimum atomic E-state index is -2.80. The molecule has 256 valence electrons. The fourth-order valence-electron chi connectivity index (χ4n) is 7.98. The van der Waals surface area contributed by atoms with E-state index in [1.807, 2.05) is 60.7 Å². The highest BCUT2D eigenvalue weighted by Crippen LogP contribution is 2.55. The average molecular weight is 708 g/mol. The van der Waals surface area contributed by atoms with Crippen molar-refractivity contribution in [2.75, 3.05) is 0 Å². The van der Waals surface area contributed by atoms with Crippen LogP contribution in [0.1, 0.15) is 33.4 Å². The zero-order valence-corrected chi connectivity index (χ0v) is 30.0. The summed E-state index contributed by atoms with van der Waals surface area (Å²) in [4.78, 5) is 1.64. The van der Waals surface area contributed by atoms with Crippen molar-refractivity contribution in [3.63, 3.8) is 0 Å². The zero-order valence-electron chi connectivity index (χ0n) is 28.3. The molecule has 0 N–H and O–H groups in total. The highest BCUT2D eigenvalue weighted by atomic mass is 32.1. The molecule has 51 heavy (non-hydrogen) atoms. The summed E-state index contributed by atoms with van der Waals surface area (Å²) in [6.07, 6.45) is 1.23. The normalized spacial score (nSPS) is 25.7. The summed E-state index contributed by atoms with van der Waals surface area (Å²) in [7, 11) is 0. The second-order valence-corrected chi connectivity index (χ2v) is 14.5. The number of hydrogen-bond donors (Lipinski definition) is 2. The summed E-state index contributed by atoms with van der Waals surface area (Å²) in [5.41, 5.74) is 4.33. The first-order valence-electron chi connectivity index (χ1n) is 17.6. The molecule has 2 aliphatic rings. The van der Waals surface area contributed by atoms with E-state index in [0.29, 0.717) is 25.7 Å². The van der Waals surface area contributed by atoms with E-state index < -0.39 is 30.4 Å². The van der Waals surface area contributed by atoms with E-state index in [0.717, 1.165) is 43.2 Å². The van der Waals surface area contributed by atoms with Crippen molar-refractivity contribution < 1.29 is 18.6 Å². The Balaban J connectivity index is 1.32. The maximum atomic E-state index is 7.50. The van der Waals surface area contributed by atoms with Gasteiger partial charge in [0.25, 0.3) is 0 Å². The second kappa shape index (κ2) is 14.5. The average Bonchev–Trinajstić information content (AvgIpc) is 3.61. The minimum Gasteiger partial charge on any atom is -0.514 e. The molecule has 6 aromatic rings. The Morgan fingerprint density at radius 3 is 1.08 bits per heavy atom. The topological polar surface area (TPSA) is 36.9 Å². The lowest BCUT2D eigenvalue weighted by atomic mass is 9.80.